The van der Waals surface area contributed by atoms with Gasteiger partial charge in [-0.2, -0.15) is 0 Å². The van der Waals surface area contributed by atoms with Gasteiger partial charge in [0.2, 0.25) is 6.79 Å². The van der Waals surface area contributed by atoms with Gasteiger partial charge in [-0.15, -0.1) is 0 Å². The fourth-order valence-electron chi connectivity index (χ4n) is 3.35. The zero-order valence-corrected chi connectivity index (χ0v) is 14.4. The number of ether oxygens (including phenoxy) is 3. The molecule has 4 rings (SSSR count). The maximum atomic E-state index is 13.0. The highest BCUT2D eigenvalue weighted by atomic mass is 16.7. The fourth-order valence-corrected chi connectivity index (χ4v) is 3.35. The predicted molar refractivity (Wildman–Crippen MR) is 89.6 cm³/mol. The lowest BCUT2D eigenvalue weighted by Gasteiger charge is -2.34. The van der Waals surface area contributed by atoms with E-state index in [1.54, 1.807) is 18.2 Å². The first-order valence-corrected chi connectivity index (χ1v) is 8.51. The van der Waals surface area contributed by atoms with Crippen LogP contribution in [0.2, 0.25) is 0 Å². The van der Waals surface area contributed by atoms with Crippen LogP contribution in [0.1, 0.15) is 41.8 Å². The van der Waals surface area contributed by atoms with E-state index >= 15 is 0 Å². The molecule has 0 spiro atoms. The number of aromatic nitrogens is 2. The summed E-state index contributed by atoms with van der Waals surface area (Å²) in [6, 6.07) is 5.22. The Labute approximate surface area is 146 Å². The van der Waals surface area contributed by atoms with Crippen molar-refractivity contribution in [2.75, 3.05) is 19.9 Å². The molecule has 1 unspecified atom stereocenters. The average molecular weight is 343 g/mol. The third kappa shape index (κ3) is 2.74. The number of benzene rings is 1. The Morgan fingerprint density at radius 1 is 1.32 bits per heavy atom. The monoisotopic (exact) mass is 343 g/mol. The van der Waals surface area contributed by atoms with Crippen LogP contribution in [-0.2, 0) is 17.9 Å². The second kappa shape index (κ2) is 6.40. The molecule has 3 heterocycles. The van der Waals surface area contributed by atoms with E-state index in [0.717, 1.165) is 18.1 Å². The first-order valence-electron chi connectivity index (χ1n) is 8.51. The van der Waals surface area contributed by atoms with Crippen molar-refractivity contribution < 1.29 is 19.0 Å². The van der Waals surface area contributed by atoms with E-state index in [9.17, 15) is 4.79 Å². The molecule has 0 saturated heterocycles. The van der Waals surface area contributed by atoms with E-state index in [4.69, 9.17) is 14.2 Å². The van der Waals surface area contributed by atoms with Gasteiger partial charge in [-0.05, 0) is 32.0 Å². The Hall–Kier alpha value is -2.54. The highest BCUT2D eigenvalue weighted by Crippen LogP contribution is 2.34. The van der Waals surface area contributed by atoms with Crippen molar-refractivity contribution in [3.63, 3.8) is 0 Å². The van der Waals surface area contributed by atoms with Crippen LogP contribution in [0.3, 0.4) is 0 Å². The van der Waals surface area contributed by atoms with E-state index in [1.165, 1.54) is 0 Å². The lowest BCUT2D eigenvalue weighted by atomic mass is 10.1. The summed E-state index contributed by atoms with van der Waals surface area (Å²) >= 11 is 0. The molecule has 2 aromatic rings. The minimum Gasteiger partial charge on any atom is -0.454 e. The molecular weight excluding hydrogens is 322 g/mol. The number of carbonyl (C=O) groups is 1. The molecule has 0 N–H and O–H groups in total. The highest BCUT2D eigenvalue weighted by Gasteiger charge is 2.31. The van der Waals surface area contributed by atoms with Gasteiger partial charge in [0.05, 0.1) is 24.5 Å². The normalized spacial score (nSPS) is 18.3. The van der Waals surface area contributed by atoms with Crippen molar-refractivity contribution in [1.82, 2.24) is 14.5 Å². The number of imidazole rings is 1. The van der Waals surface area contributed by atoms with Crippen molar-refractivity contribution in [3.8, 4) is 11.5 Å². The van der Waals surface area contributed by atoms with Crippen LogP contribution in [0.15, 0.2) is 24.4 Å². The molecule has 1 aromatic carbocycles. The molecule has 25 heavy (non-hydrogen) atoms. The quantitative estimate of drug-likeness (QED) is 0.853. The minimum atomic E-state index is -0.0953. The second-order valence-electron chi connectivity index (χ2n) is 6.14. The first kappa shape index (κ1) is 16.0. The van der Waals surface area contributed by atoms with E-state index in [0.29, 0.717) is 36.8 Å². The zero-order valence-electron chi connectivity index (χ0n) is 14.4. The summed E-state index contributed by atoms with van der Waals surface area (Å²) in [5.41, 5.74) is 1.66. The number of nitrogens with zero attached hydrogens (tertiary/aromatic N) is 3. The fraction of sp³-hybridized carbons (Fsp3) is 0.444. The molecule has 7 nitrogen and oxygen atoms in total. The topological polar surface area (TPSA) is 65.8 Å². The van der Waals surface area contributed by atoms with Crippen molar-refractivity contribution >= 4 is 5.91 Å². The summed E-state index contributed by atoms with van der Waals surface area (Å²) in [4.78, 5) is 19.3. The second-order valence-corrected chi connectivity index (χ2v) is 6.14. The van der Waals surface area contributed by atoms with Crippen LogP contribution < -0.4 is 9.47 Å². The number of hydrogen-bond donors (Lipinski definition) is 0. The Morgan fingerprint density at radius 2 is 2.16 bits per heavy atom. The number of amides is 1. The molecule has 0 aliphatic carbocycles. The third-order valence-corrected chi connectivity index (χ3v) is 4.71. The van der Waals surface area contributed by atoms with Crippen molar-refractivity contribution in [2.45, 2.75) is 33.0 Å². The average Bonchev–Trinajstić information content (AvgIpc) is 3.26. The van der Waals surface area contributed by atoms with Gasteiger partial charge in [0, 0.05) is 25.3 Å². The molecule has 2 aliphatic rings. The van der Waals surface area contributed by atoms with Gasteiger partial charge in [0.25, 0.3) is 5.91 Å². The smallest absolute Gasteiger partial charge is 0.254 e. The molecule has 1 atom stereocenters. The van der Waals surface area contributed by atoms with Crippen LogP contribution >= 0.6 is 0 Å². The summed E-state index contributed by atoms with van der Waals surface area (Å²) in [7, 11) is 0. The maximum absolute atomic E-state index is 13.0. The standard InChI is InChI=1S/C18H21N3O4/c1-3-23-10-14-9-19-17-12(2)20(6-7-21(14)17)18(22)13-4-5-15-16(8-13)25-11-24-15/h4-5,8-9,12H,3,6-7,10-11H2,1-2H3. The Morgan fingerprint density at radius 3 is 3.00 bits per heavy atom. The molecule has 1 aromatic heterocycles. The van der Waals surface area contributed by atoms with E-state index in [1.807, 2.05) is 24.9 Å². The van der Waals surface area contributed by atoms with E-state index in [2.05, 4.69) is 9.55 Å². The molecule has 0 fully saturated rings. The van der Waals surface area contributed by atoms with Crippen LogP contribution in [0, 0.1) is 0 Å². The molecule has 1 amide bonds. The van der Waals surface area contributed by atoms with Crippen molar-refractivity contribution in [1.29, 1.82) is 0 Å². The van der Waals surface area contributed by atoms with Crippen molar-refractivity contribution in [3.05, 3.63) is 41.5 Å². The largest absolute Gasteiger partial charge is 0.454 e. The minimum absolute atomic E-state index is 0.0218. The first-order chi connectivity index (χ1) is 12.2. The summed E-state index contributed by atoms with van der Waals surface area (Å²) in [6.45, 7) is 6.76. The highest BCUT2D eigenvalue weighted by molar-refractivity contribution is 5.95. The van der Waals surface area contributed by atoms with Gasteiger partial charge in [0.15, 0.2) is 11.5 Å². The number of carbonyl (C=O) groups excluding carboxylic acids is 1. The molecular formula is C18H21N3O4. The van der Waals surface area contributed by atoms with Crippen LogP contribution in [0.25, 0.3) is 0 Å². The Balaban J connectivity index is 1.56. The lowest BCUT2D eigenvalue weighted by Crippen LogP contribution is -2.41. The predicted octanol–water partition coefficient (Wildman–Crippen LogP) is 2.37. The summed E-state index contributed by atoms with van der Waals surface area (Å²) in [6.07, 6.45) is 1.84. The third-order valence-electron chi connectivity index (χ3n) is 4.71. The number of hydrogen-bond acceptors (Lipinski definition) is 5. The van der Waals surface area contributed by atoms with E-state index in [-0.39, 0.29) is 18.7 Å². The van der Waals surface area contributed by atoms with E-state index < -0.39 is 0 Å². The van der Waals surface area contributed by atoms with Gasteiger partial charge in [-0.25, -0.2) is 4.98 Å². The maximum Gasteiger partial charge on any atom is 0.254 e. The molecule has 0 radical (unpaired) electrons. The van der Waals surface area contributed by atoms with Crippen LogP contribution in [-0.4, -0.2) is 40.3 Å². The molecule has 0 bridgehead atoms. The van der Waals surface area contributed by atoms with Gasteiger partial charge < -0.3 is 23.7 Å². The van der Waals surface area contributed by atoms with Gasteiger partial charge in [-0.1, -0.05) is 0 Å². The number of rotatable bonds is 4. The Bertz CT molecular complexity index is 802. The molecule has 7 heteroatoms. The SMILES string of the molecule is CCOCc1cnc2n1CCN(C(=O)c1ccc3c(c1)OCO3)C2C. The van der Waals surface area contributed by atoms with Crippen LogP contribution in [0.5, 0.6) is 11.5 Å². The van der Waals surface area contributed by atoms with Crippen molar-refractivity contribution in [2.24, 2.45) is 0 Å². The lowest BCUT2D eigenvalue weighted by molar-refractivity contribution is 0.0629. The van der Waals surface area contributed by atoms with Crippen LogP contribution in [0.4, 0.5) is 0 Å². The molecule has 0 saturated carbocycles. The van der Waals surface area contributed by atoms with Gasteiger partial charge in [-0.3, -0.25) is 4.79 Å². The summed E-state index contributed by atoms with van der Waals surface area (Å²) in [5.74, 6) is 2.18. The summed E-state index contributed by atoms with van der Waals surface area (Å²) in [5, 5.41) is 0. The summed E-state index contributed by atoms with van der Waals surface area (Å²) < 4.78 is 18.3. The van der Waals surface area contributed by atoms with Gasteiger partial charge in [0.1, 0.15) is 5.82 Å². The van der Waals surface area contributed by atoms with Gasteiger partial charge >= 0.3 is 0 Å². The Kier molecular flexibility index (Phi) is 4.09. The molecule has 2 aliphatic heterocycles. The molecule has 132 valence electrons. The zero-order chi connectivity index (χ0) is 17.4. The number of fused-ring (bicyclic) bond motifs is 2.